The number of hydrogen-bond donors (Lipinski definition) is 0. The second-order valence-corrected chi connectivity index (χ2v) is 6.35. The van der Waals surface area contributed by atoms with Gasteiger partial charge in [0.05, 0.1) is 18.4 Å². The standard InChI is InChI=1S/C16H16FNO3/c1-16(2)12-13(16)15(21)18(14(12)20)8-10(19)7-9-5-3-4-6-11(9)17/h3-6,12-13H,7-8H2,1-2H3. The Morgan fingerprint density at radius 2 is 1.76 bits per heavy atom. The summed E-state index contributed by atoms with van der Waals surface area (Å²) in [7, 11) is 0. The number of hydrogen-bond acceptors (Lipinski definition) is 3. The van der Waals surface area contributed by atoms with Crippen LogP contribution in [-0.4, -0.2) is 29.0 Å². The van der Waals surface area contributed by atoms with Crippen molar-refractivity contribution in [2.45, 2.75) is 20.3 Å². The highest BCUT2D eigenvalue weighted by atomic mass is 19.1. The van der Waals surface area contributed by atoms with E-state index in [9.17, 15) is 18.8 Å². The number of imide groups is 1. The number of benzene rings is 1. The maximum Gasteiger partial charge on any atom is 0.234 e. The molecule has 1 heterocycles. The number of Topliss-reactive ketones (excluding diaryl/α,β-unsaturated/α-hetero) is 1. The lowest BCUT2D eigenvalue weighted by Crippen LogP contribution is -2.40. The SMILES string of the molecule is CC1(C)C2C(=O)N(CC(=O)Cc3ccccc3F)C(=O)C21. The minimum atomic E-state index is -0.450. The average molecular weight is 289 g/mol. The summed E-state index contributed by atoms with van der Waals surface area (Å²) in [5, 5.41) is 0. The zero-order valence-corrected chi connectivity index (χ0v) is 11.9. The number of rotatable bonds is 4. The van der Waals surface area contributed by atoms with Crippen molar-refractivity contribution in [2.75, 3.05) is 6.54 Å². The highest BCUT2D eigenvalue weighted by molar-refractivity contribution is 6.12. The van der Waals surface area contributed by atoms with Crippen LogP contribution in [0.1, 0.15) is 19.4 Å². The third-order valence-electron chi connectivity index (χ3n) is 4.57. The van der Waals surface area contributed by atoms with E-state index >= 15 is 0 Å². The first kappa shape index (κ1) is 13.9. The molecule has 0 N–H and O–H groups in total. The number of ketones is 1. The number of halogens is 1. The fourth-order valence-corrected chi connectivity index (χ4v) is 3.25. The van der Waals surface area contributed by atoms with Crippen LogP contribution in [0, 0.1) is 23.1 Å². The van der Waals surface area contributed by atoms with E-state index in [-0.39, 0.29) is 53.4 Å². The Labute approximate surface area is 121 Å². The third-order valence-corrected chi connectivity index (χ3v) is 4.57. The van der Waals surface area contributed by atoms with Gasteiger partial charge in [-0.1, -0.05) is 32.0 Å². The first-order chi connectivity index (χ1) is 9.84. The van der Waals surface area contributed by atoms with E-state index in [2.05, 4.69) is 0 Å². The van der Waals surface area contributed by atoms with E-state index in [1.54, 1.807) is 12.1 Å². The van der Waals surface area contributed by atoms with Crippen LogP contribution in [0.4, 0.5) is 4.39 Å². The summed E-state index contributed by atoms with van der Waals surface area (Å²) in [5.41, 5.74) is 0.00582. The number of piperidine rings is 1. The number of carbonyl (C=O) groups is 3. The summed E-state index contributed by atoms with van der Waals surface area (Å²) >= 11 is 0. The molecule has 1 aliphatic heterocycles. The summed E-state index contributed by atoms with van der Waals surface area (Å²) in [4.78, 5) is 37.2. The van der Waals surface area contributed by atoms with Crippen molar-refractivity contribution >= 4 is 17.6 Å². The number of likely N-dealkylation sites (tertiary alicyclic amines) is 1. The van der Waals surface area contributed by atoms with Gasteiger partial charge in [0, 0.05) is 6.42 Å². The molecule has 2 aliphatic rings. The Bertz CT molecular complexity index is 629. The van der Waals surface area contributed by atoms with Gasteiger partial charge in [0.15, 0.2) is 5.78 Å². The van der Waals surface area contributed by atoms with Crippen LogP contribution in [0.3, 0.4) is 0 Å². The minimum absolute atomic E-state index is 0.109. The highest BCUT2D eigenvalue weighted by Crippen LogP contribution is 2.63. The summed E-state index contributed by atoms with van der Waals surface area (Å²) in [5.74, 6) is -1.89. The van der Waals surface area contributed by atoms with Crippen molar-refractivity contribution in [3.63, 3.8) is 0 Å². The number of fused-ring (bicyclic) bond motifs is 1. The maximum absolute atomic E-state index is 13.5. The molecule has 1 aromatic rings. The van der Waals surface area contributed by atoms with Crippen LogP contribution in [0.2, 0.25) is 0 Å². The van der Waals surface area contributed by atoms with Gasteiger partial charge in [0.1, 0.15) is 5.82 Å². The molecular formula is C16H16FNO3. The number of nitrogens with zero attached hydrogens (tertiary/aromatic N) is 1. The molecule has 2 atom stereocenters. The first-order valence-electron chi connectivity index (χ1n) is 6.94. The summed E-state index contributed by atoms with van der Waals surface area (Å²) in [6.45, 7) is 3.52. The molecule has 4 nitrogen and oxygen atoms in total. The Morgan fingerprint density at radius 1 is 1.19 bits per heavy atom. The van der Waals surface area contributed by atoms with Gasteiger partial charge in [-0.2, -0.15) is 0 Å². The van der Waals surface area contributed by atoms with Crippen molar-refractivity contribution in [3.8, 4) is 0 Å². The Hall–Kier alpha value is -2.04. The molecule has 2 amide bonds. The smallest absolute Gasteiger partial charge is 0.234 e. The van der Waals surface area contributed by atoms with Crippen LogP contribution < -0.4 is 0 Å². The fourth-order valence-electron chi connectivity index (χ4n) is 3.25. The number of amides is 2. The van der Waals surface area contributed by atoms with Crippen LogP contribution in [-0.2, 0) is 20.8 Å². The molecule has 5 heteroatoms. The van der Waals surface area contributed by atoms with Crippen molar-refractivity contribution < 1.29 is 18.8 Å². The average Bonchev–Trinajstić information content (AvgIpc) is 2.89. The molecular weight excluding hydrogens is 273 g/mol. The van der Waals surface area contributed by atoms with Crippen molar-refractivity contribution in [1.82, 2.24) is 4.90 Å². The molecule has 1 aliphatic carbocycles. The monoisotopic (exact) mass is 289 g/mol. The molecule has 110 valence electrons. The van der Waals surface area contributed by atoms with Crippen LogP contribution in [0.15, 0.2) is 24.3 Å². The zero-order chi connectivity index (χ0) is 15.4. The Kier molecular flexibility index (Phi) is 2.97. The predicted octanol–water partition coefficient (Wildman–Crippen LogP) is 1.58. The van der Waals surface area contributed by atoms with Crippen molar-refractivity contribution in [1.29, 1.82) is 0 Å². The molecule has 0 aromatic heterocycles. The molecule has 2 fully saturated rings. The van der Waals surface area contributed by atoms with Gasteiger partial charge in [0.25, 0.3) is 0 Å². The molecule has 0 spiro atoms. The molecule has 21 heavy (non-hydrogen) atoms. The summed E-state index contributed by atoms with van der Waals surface area (Å²) in [6.07, 6.45) is -0.109. The zero-order valence-electron chi connectivity index (χ0n) is 11.9. The minimum Gasteiger partial charge on any atom is -0.297 e. The Balaban J connectivity index is 1.66. The van der Waals surface area contributed by atoms with Gasteiger partial charge in [-0.05, 0) is 17.0 Å². The second kappa shape index (κ2) is 4.48. The topological polar surface area (TPSA) is 54.5 Å². The van der Waals surface area contributed by atoms with Gasteiger partial charge < -0.3 is 0 Å². The molecule has 0 radical (unpaired) electrons. The molecule has 0 bridgehead atoms. The van der Waals surface area contributed by atoms with Crippen molar-refractivity contribution in [2.24, 2.45) is 17.3 Å². The molecule has 2 unspecified atom stereocenters. The van der Waals surface area contributed by atoms with E-state index in [4.69, 9.17) is 0 Å². The molecule has 1 saturated heterocycles. The maximum atomic E-state index is 13.5. The van der Waals surface area contributed by atoms with Crippen LogP contribution in [0.5, 0.6) is 0 Å². The van der Waals surface area contributed by atoms with Gasteiger partial charge >= 0.3 is 0 Å². The normalized spacial score (nSPS) is 26.0. The van der Waals surface area contributed by atoms with Crippen LogP contribution in [0.25, 0.3) is 0 Å². The Morgan fingerprint density at radius 3 is 2.33 bits per heavy atom. The third kappa shape index (κ3) is 2.07. The fraction of sp³-hybridized carbons (Fsp3) is 0.438. The van der Waals surface area contributed by atoms with Gasteiger partial charge in [0.2, 0.25) is 11.8 Å². The number of carbonyl (C=O) groups excluding carboxylic acids is 3. The lowest BCUT2D eigenvalue weighted by atomic mass is 10.0. The van der Waals surface area contributed by atoms with Crippen LogP contribution >= 0.6 is 0 Å². The van der Waals surface area contributed by atoms with E-state index in [1.165, 1.54) is 12.1 Å². The van der Waals surface area contributed by atoms with E-state index in [1.807, 2.05) is 13.8 Å². The van der Waals surface area contributed by atoms with E-state index in [0.29, 0.717) is 0 Å². The second-order valence-electron chi connectivity index (χ2n) is 6.35. The van der Waals surface area contributed by atoms with E-state index < -0.39 is 5.82 Å². The first-order valence-corrected chi connectivity index (χ1v) is 6.94. The highest BCUT2D eigenvalue weighted by Gasteiger charge is 2.72. The van der Waals surface area contributed by atoms with Gasteiger partial charge in [-0.25, -0.2) is 4.39 Å². The molecule has 3 rings (SSSR count). The molecule has 1 saturated carbocycles. The summed E-state index contributed by atoms with van der Waals surface area (Å²) < 4.78 is 13.5. The van der Waals surface area contributed by atoms with Gasteiger partial charge in [-0.15, -0.1) is 0 Å². The summed E-state index contributed by atoms with van der Waals surface area (Å²) in [6, 6.07) is 6.01. The molecule has 1 aromatic carbocycles. The quantitative estimate of drug-likeness (QED) is 0.791. The lowest BCUT2D eigenvalue weighted by molar-refractivity contribution is -0.145. The van der Waals surface area contributed by atoms with E-state index in [0.717, 1.165) is 4.90 Å². The van der Waals surface area contributed by atoms with Crippen molar-refractivity contribution in [3.05, 3.63) is 35.6 Å². The lowest BCUT2D eigenvalue weighted by Gasteiger charge is -2.19. The van der Waals surface area contributed by atoms with Gasteiger partial charge in [-0.3, -0.25) is 19.3 Å². The predicted molar refractivity (Wildman–Crippen MR) is 72.6 cm³/mol. The largest absolute Gasteiger partial charge is 0.297 e.